The molecule has 2 fully saturated rings. The lowest BCUT2D eigenvalue weighted by atomic mass is 9.86. The predicted octanol–water partition coefficient (Wildman–Crippen LogP) is 3.65. The summed E-state index contributed by atoms with van der Waals surface area (Å²) in [5.41, 5.74) is 0. The van der Waals surface area contributed by atoms with Crippen molar-refractivity contribution in [3.05, 3.63) is 30.3 Å². The molecule has 136 valence electrons. The SMILES string of the molecule is O=C(COC(=O)C[C@H]1C[C@@H]2CC[C@@H]1C2)NCCCSc1ccccc1. The smallest absolute Gasteiger partial charge is 0.306 e. The van der Waals surface area contributed by atoms with Crippen molar-refractivity contribution in [2.24, 2.45) is 17.8 Å². The van der Waals surface area contributed by atoms with E-state index in [1.807, 2.05) is 18.2 Å². The van der Waals surface area contributed by atoms with E-state index in [4.69, 9.17) is 4.74 Å². The minimum absolute atomic E-state index is 0.147. The molecule has 3 atom stereocenters. The summed E-state index contributed by atoms with van der Waals surface area (Å²) in [6.45, 7) is 0.466. The lowest BCUT2D eigenvalue weighted by molar-refractivity contribution is -0.149. The molecular weight excluding hydrogens is 334 g/mol. The van der Waals surface area contributed by atoms with Crippen LogP contribution in [0.25, 0.3) is 0 Å². The molecule has 1 aromatic carbocycles. The van der Waals surface area contributed by atoms with Crippen LogP contribution in [0.1, 0.15) is 38.5 Å². The number of carbonyl (C=O) groups is 2. The Morgan fingerprint density at radius 2 is 2.00 bits per heavy atom. The topological polar surface area (TPSA) is 55.4 Å². The first kappa shape index (κ1) is 18.3. The zero-order valence-corrected chi connectivity index (χ0v) is 15.4. The maximum atomic E-state index is 11.9. The van der Waals surface area contributed by atoms with Crippen molar-refractivity contribution in [1.82, 2.24) is 5.32 Å². The summed E-state index contributed by atoms with van der Waals surface area (Å²) in [6, 6.07) is 10.2. The van der Waals surface area contributed by atoms with Crippen molar-refractivity contribution in [3.63, 3.8) is 0 Å². The predicted molar refractivity (Wildman–Crippen MR) is 99.3 cm³/mol. The number of carbonyl (C=O) groups excluding carboxylic acids is 2. The average molecular weight is 362 g/mol. The molecule has 1 aromatic rings. The van der Waals surface area contributed by atoms with Crippen LogP contribution in [0.4, 0.5) is 0 Å². The van der Waals surface area contributed by atoms with Crippen molar-refractivity contribution in [2.45, 2.75) is 43.4 Å². The number of esters is 1. The van der Waals surface area contributed by atoms with Crippen molar-refractivity contribution < 1.29 is 14.3 Å². The Labute approximate surface area is 154 Å². The van der Waals surface area contributed by atoms with Gasteiger partial charge in [0.25, 0.3) is 5.91 Å². The van der Waals surface area contributed by atoms with E-state index in [-0.39, 0.29) is 18.5 Å². The molecule has 5 heteroatoms. The number of fused-ring (bicyclic) bond motifs is 2. The molecule has 0 radical (unpaired) electrons. The highest BCUT2D eigenvalue weighted by Crippen LogP contribution is 2.49. The first-order valence-corrected chi connectivity index (χ1v) is 10.3. The highest BCUT2D eigenvalue weighted by Gasteiger charge is 2.40. The van der Waals surface area contributed by atoms with Crippen LogP contribution in [-0.2, 0) is 14.3 Å². The van der Waals surface area contributed by atoms with Crippen LogP contribution >= 0.6 is 11.8 Å². The van der Waals surface area contributed by atoms with Gasteiger partial charge in [0.1, 0.15) is 0 Å². The monoisotopic (exact) mass is 361 g/mol. The van der Waals surface area contributed by atoms with E-state index in [0.717, 1.165) is 18.1 Å². The molecule has 0 spiro atoms. The summed E-state index contributed by atoms with van der Waals surface area (Å²) in [5, 5.41) is 2.82. The quantitative estimate of drug-likeness (QED) is 0.414. The second-order valence-electron chi connectivity index (χ2n) is 7.16. The number of ether oxygens (including phenoxy) is 1. The first-order chi connectivity index (χ1) is 12.2. The molecule has 1 amide bonds. The van der Waals surface area contributed by atoms with Crippen molar-refractivity contribution >= 4 is 23.6 Å². The largest absolute Gasteiger partial charge is 0.456 e. The van der Waals surface area contributed by atoms with Crippen molar-refractivity contribution in [1.29, 1.82) is 0 Å². The number of thioether (sulfide) groups is 1. The molecule has 25 heavy (non-hydrogen) atoms. The molecule has 0 saturated heterocycles. The van der Waals surface area contributed by atoms with E-state index in [0.29, 0.717) is 24.8 Å². The summed E-state index contributed by atoms with van der Waals surface area (Å²) in [7, 11) is 0. The number of rotatable bonds is 9. The van der Waals surface area contributed by atoms with Gasteiger partial charge in [0, 0.05) is 17.9 Å². The Balaban J connectivity index is 1.21. The lowest BCUT2D eigenvalue weighted by Gasteiger charge is -2.20. The second kappa shape index (κ2) is 9.27. The minimum atomic E-state index is -0.215. The van der Waals surface area contributed by atoms with Gasteiger partial charge in [-0.3, -0.25) is 9.59 Å². The molecule has 4 nitrogen and oxygen atoms in total. The van der Waals surface area contributed by atoms with E-state index in [9.17, 15) is 9.59 Å². The van der Waals surface area contributed by atoms with Crippen molar-refractivity contribution in [3.8, 4) is 0 Å². The Bertz CT molecular complexity index is 578. The highest BCUT2D eigenvalue weighted by molar-refractivity contribution is 7.99. The van der Waals surface area contributed by atoms with E-state index >= 15 is 0 Å². The fourth-order valence-corrected chi connectivity index (χ4v) is 4.98. The van der Waals surface area contributed by atoms with Crippen LogP contribution in [0.15, 0.2) is 35.2 Å². The van der Waals surface area contributed by atoms with Gasteiger partial charge in [0.15, 0.2) is 6.61 Å². The van der Waals surface area contributed by atoms with Gasteiger partial charge in [-0.1, -0.05) is 24.6 Å². The number of nitrogens with one attached hydrogen (secondary N) is 1. The summed E-state index contributed by atoms with van der Waals surface area (Å²) in [4.78, 5) is 24.9. The van der Waals surface area contributed by atoms with Crippen LogP contribution in [0.5, 0.6) is 0 Å². The molecule has 2 aliphatic carbocycles. The number of amides is 1. The zero-order valence-electron chi connectivity index (χ0n) is 14.6. The molecule has 1 N–H and O–H groups in total. The normalized spacial score (nSPS) is 24.2. The van der Waals surface area contributed by atoms with Gasteiger partial charge in [-0.2, -0.15) is 0 Å². The maximum Gasteiger partial charge on any atom is 0.306 e. The lowest BCUT2D eigenvalue weighted by Crippen LogP contribution is -2.30. The van der Waals surface area contributed by atoms with E-state index in [2.05, 4.69) is 17.4 Å². The number of benzene rings is 1. The third-order valence-electron chi connectivity index (χ3n) is 5.33. The van der Waals surface area contributed by atoms with Gasteiger partial charge >= 0.3 is 5.97 Å². The van der Waals surface area contributed by atoms with Gasteiger partial charge in [0.05, 0.1) is 0 Å². The van der Waals surface area contributed by atoms with Gasteiger partial charge in [-0.05, 0) is 61.3 Å². The third-order valence-corrected chi connectivity index (χ3v) is 6.43. The number of hydrogen-bond donors (Lipinski definition) is 1. The van der Waals surface area contributed by atoms with Crippen molar-refractivity contribution in [2.75, 3.05) is 18.9 Å². The third kappa shape index (κ3) is 5.77. The van der Waals surface area contributed by atoms with Gasteiger partial charge in [0.2, 0.25) is 0 Å². The molecule has 0 aliphatic heterocycles. The second-order valence-corrected chi connectivity index (χ2v) is 8.33. The summed E-state index contributed by atoms with van der Waals surface area (Å²) in [6.07, 6.45) is 6.45. The molecule has 2 saturated carbocycles. The van der Waals surface area contributed by atoms with Gasteiger partial charge in [-0.25, -0.2) is 0 Å². The van der Waals surface area contributed by atoms with Crippen LogP contribution in [0.3, 0.4) is 0 Å². The summed E-state index contributed by atoms with van der Waals surface area (Å²) < 4.78 is 5.14. The molecule has 2 aliphatic rings. The standard InChI is InChI=1S/C20H27NO3S/c22-19(21-9-4-10-25-18-5-2-1-3-6-18)14-24-20(23)13-17-12-15-7-8-16(17)11-15/h1-3,5-6,15-17H,4,7-14H2,(H,21,22)/t15-,16-,17-/m1/s1. The van der Waals surface area contributed by atoms with Crippen LogP contribution in [-0.4, -0.2) is 30.8 Å². The molecule has 0 unspecified atom stereocenters. The fraction of sp³-hybridized carbons (Fsp3) is 0.600. The number of hydrogen-bond acceptors (Lipinski definition) is 4. The summed E-state index contributed by atoms with van der Waals surface area (Å²) >= 11 is 1.78. The van der Waals surface area contributed by atoms with Gasteiger partial charge < -0.3 is 10.1 Å². The zero-order chi connectivity index (χ0) is 17.5. The van der Waals surface area contributed by atoms with E-state index < -0.39 is 0 Å². The van der Waals surface area contributed by atoms with E-state index in [1.165, 1.54) is 30.6 Å². The Morgan fingerprint density at radius 1 is 1.16 bits per heavy atom. The summed E-state index contributed by atoms with van der Waals surface area (Å²) in [5.74, 6) is 2.57. The van der Waals surface area contributed by atoms with Crippen LogP contribution in [0, 0.1) is 17.8 Å². The fourth-order valence-electron chi connectivity index (χ4n) is 4.10. The molecule has 0 heterocycles. The average Bonchev–Trinajstić information content (AvgIpc) is 3.23. The molecule has 3 rings (SSSR count). The molecular formula is C20H27NO3S. The first-order valence-electron chi connectivity index (χ1n) is 9.31. The van der Waals surface area contributed by atoms with Crippen LogP contribution in [0.2, 0.25) is 0 Å². The maximum absolute atomic E-state index is 11.9. The van der Waals surface area contributed by atoms with Crippen LogP contribution < -0.4 is 5.32 Å². The Kier molecular flexibility index (Phi) is 6.79. The van der Waals surface area contributed by atoms with Gasteiger partial charge in [-0.15, -0.1) is 11.8 Å². The Morgan fingerprint density at radius 3 is 2.72 bits per heavy atom. The molecule has 0 aromatic heterocycles. The Hall–Kier alpha value is -1.49. The van der Waals surface area contributed by atoms with E-state index in [1.54, 1.807) is 11.8 Å². The minimum Gasteiger partial charge on any atom is -0.456 e. The molecule has 2 bridgehead atoms. The highest BCUT2D eigenvalue weighted by atomic mass is 32.2.